The first-order valence-corrected chi connectivity index (χ1v) is 7.63. The maximum absolute atomic E-state index is 12.2. The van der Waals surface area contributed by atoms with Gasteiger partial charge in [-0.2, -0.15) is 0 Å². The summed E-state index contributed by atoms with van der Waals surface area (Å²) in [6.45, 7) is 0.867. The third-order valence-corrected chi connectivity index (χ3v) is 4.20. The number of benzene rings is 2. The molecule has 1 amide bonds. The molecule has 110 valence electrons. The van der Waals surface area contributed by atoms with Gasteiger partial charge in [0, 0.05) is 16.7 Å². The van der Waals surface area contributed by atoms with Gasteiger partial charge in [-0.1, -0.05) is 29.8 Å². The minimum Gasteiger partial charge on any atom is -0.322 e. The molecule has 0 aliphatic rings. The standard InChI is InChI=1S/C16H16BrClN2O/c1-20(2)10-11-6-8-12(9-7-11)19-16(21)13-4-3-5-14(17)15(13)18/h3-9H,10H2,1-2H3,(H,19,21). The first-order chi connectivity index (χ1) is 9.97. The van der Waals surface area contributed by atoms with Crippen LogP contribution in [0, 0.1) is 0 Å². The first kappa shape index (κ1) is 16.0. The maximum atomic E-state index is 12.2. The Morgan fingerprint density at radius 2 is 1.86 bits per heavy atom. The Hall–Kier alpha value is -1.36. The van der Waals surface area contributed by atoms with Gasteiger partial charge in [0.15, 0.2) is 0 Å². The molecule has 3 nitrogen and oxygen atoms in total. The smallest absolute Gasteiger partial charge is 0.257 e. The largest absolute Gasteiger partial charge is 0.322 e. The molecule has 0 spiro atoms. The van der Waals surface area contributed by atoms with Crippen LogP contribution in [0.5, 0.6) is 0 Å². The molecular formula is C16H16BrClN2O. The molecular weight excluding hydrogens is 352 g/mol. The molecule has 0 fully saturated rings. The van der Waals surface area contributed by atoms with Gasteiger partial charge in [-0.05, 0) is 59.9 Å². The number of nitrogens with one attached hydrogen (secondary N) is 1. The number of hydrogen-bond donors (Lipinski definition) is 1. The molecule has 0 saturated heterocycles. The molecule has 5 heteroatoms. The van der Waals surface area contributed by atoms with Crippen molar-refractivity contribution in [3.8, 4) is 0 Å². The fourth-order valence-electron chi connectivity index (χ4n) is 1.94. The van der Waals surface area contributed by atoms with Gasteiger partial charge in [0.1, 0.15) is 0 Å². The van der Waals surface area contributed by atoms with E-state index in [2.05, 4.69) is 26.1 Å². The van der Waals surface area contributed by atoms with Gasteiger partial charge in [0.05, 0.1) is 10.6 Å². The average molecular weight is 368 g/mol. The second-order valence-corrected chi connectivity index (χ2v) is 6.22. The summed E-state index contributed by atoms with van der Waals surface area (Å²) in [7, 11) is 4.04. The fraction of sp³-hybridized carbons (Fsp3) is 0.188. The van der Waals surface area contributed by atoms with Crippen LogP contribution in [0.1, 0.15) is 15.9 Å². The van der Waals surface area contributed by atoms with Gasteiger partial charge >= 0.3 is 0 Å². The Bertz CT molecular complexity index is 641. The summed E-state index contributed by atoms with van der Waals surface area (Å²) in [6, 6.07) is 13.1. The highest BCUT2D eigenvalue weighted by Gasteiger charge is 2.12. The molecule has 1 N–H and O–H groups in total. The zero-order valence-corrected chi connectivity index (χ0v) is 14.2. The van der Waals surface area contributed by atoms with Crippen LogP contribution in [0.25, 0.3) is 0 Å². The summed E-state index contributed by atoms with van der Waals surface area (Å²) in [5.74, 6) is -0.221. The highest BCUT2D eigenvalue weighted by atomic mass is 79.9. The summed E-state index contributed by atoms with van der Waals surface area (Å²) in [5, 5.41) is 3.26. The van der Waals surface area contributed by atoms with Crippen LogP contribution in [0.2, 0.25) is 5.02 Å². The van der Waals surface area contributed by atoms with Crippen LogP contribution in [-0.4, -0.2) is 24.9 Å². The van der Waals surface area contributed by atoms with Gasteiger partial charge in [0.25, 0.3) is 5.91 Å². The average Bonchev–Trinajstić information content (AvgIpc) is 2.43. The Balaban J connectivity index is 2.11. The first-order valence-electron chi connectivity index (χ1n) is 6.46. The molecule has 2 aromatic carbocycles. The van der Waals surface area contributed by atoms with Crippen LogP contribution in [0.4, 0.5) is 5.69 Å². The summed E-state index contributed by atoms with van der Waals surface area (Å²) >= 11 is 9.44. The van der Waals surface area contributed by atoms with Crippen molar-refractivity contribution in [2.24, 2.45) is 0 Å². The number of anilines is 1. The highest BCUT2D eigenvalue weighted by molar-refractivity contribution is 9.10. The van der Waals surface area contributed by atoms with Crippen LogP contribution in [0.3, 0.4) is 0 Å². The van der Waals surface area contributed by atoms with E-state index < -0.39 is 0 Å². The molecule has 0 radical (unpaired) electrons. The zero-order valence-electron chi connectivity index (χ0n) is 11.9. The van der Waals surface area contributed by atoms with E-state index in [0.29, 0.717) is 15.1 Å². The van der Waals surface area contributed by atoms with Crippen molar-refractivity contribution < 1.29 is 4.79 Å². The normalized spacial score (nSPS) is 10.7. The number of hydrogen-bond acceptors (Lipinski definition) is 2. The highest BCUT2D eigenvalue weighted by Crippen LogP contribution is 2.26. The van der Waals surface area contributed by atoms with E-state index in [0.717, 1.165) is 12.2 Å². The van der Waals surface area contributed by atoms with E-state index >= 15 is 0 Å². The van der Waals surface area contributed by atoms with Crippen LogP contribution >= 0.6 is 27.5 Å². The third-order valence-electron chi connectivity index (χ3n) is 2.91. The van der Waals surface area contributed by atoms with Crippen LogP contribution < -0.4 is 5.32 Å². The summed E-state index contributed by atoms with van der Waals surface area (Å²) < 4.78 is 0.707. The zero-order chi connectivity index (χ0) is 15.4. The predicted molar refractivity (Wildman–Crippen MR) is 90.9 cm³/mol. The van der Waals surface area contributed by atoms with E-state index in [4.69, 9.17) is 11.6 Å². The Labute approximate surface area is 138 Å². The number of carbonyl (C=O) groups is 1. The monoisotopic (exact) mass is 366 g/mol. The SMILES string of the molecule is CN(C)Cc1ccc(NC(=O)c2cccc(Br)c2Cl)cc1. The molecule has 0 heterocycles. The van der Waals surface area contributed by atoms with Crippen molar-refractivity contribution in [3.63, 3.8) is 0 Å². The Morgan fingerprint density at radius 1 is 1.19 bits per heavy atom. The van der Waals surface area contributed by atoms with Crippen molar-refractivity contribution in [1.82, 2.24) is 4.90 Å². The summed E-state index contributed by atoms with van der Waals surface area (Å²) in [6.07, 6.45) is 0. The molecule has 0 aliphatic carbocycles. The lowest BCUT2D eigenvalue weighted by atomic mass is 10.1. The van der Waals surface area contributed by atoms with E-state index in [1.54, 1.807) is 18.2 Å². The molecule has 0 bridgehead atoms. The van der Waals surface area contributed by atoms with Gasteiger partial charge in [-0.3, -0.25) is 4.79 Å². The lowest BCUT2D eigenvalue weighted by Gasteiger charge is -2.11. The second-order valence-electron chi connectivity index (χ2n) is 4.99. The minimum absolute atomic E-state index is 0.221. The van der Waals surface area contributed by atoms with Crippen molar-refractivity contribution >= 4 is 39.1 Å². The number of nitrogens with zero attached hydrogens (tertiary/aromatic N) is 1. The maximum Gasteiger partial charge on any atom is 0.257 e. The van der Waals surface area contributed by atoms with Gasteiger partial charge in [-0.25, -0.2) is 0 Å². The quantitative estimate of drug-likeness (QED) is 0.868. The van der Waals surface area contributed by atoms with Crippen LogP contribution in [-0.2, 0) is 6.54 Å². The second kappa shape index (κ2) is 7.07. The molecule has 0 aromatic heterocycles. The number of halogens is 2. The third kappa shape index (κ3) is 4.30. The summed E-state index contributed by atoms with van der Waals surface area (Å²) in [4.78, 5) is 14.3. The van der Waals surface area contributed by atoms with E-state index in [-0.39, 0.29) is 5.91 Å². The van der Waals surface area contributed by atoms with E-state index in [1.807, 2.05) is 38.4 Å². The van der Waals surface area contributed by atoms with E-state index in [1.165, 1.54) is 5.56 Å². The van der Waals surface area contributed by atoms with Gasteiger partial charge in [0.2, 0.25) is 0 Å². The molecule has 0 atom stereocenters. The molecule has 0 saturated carbocycles. The van der Waals surface area contributed by atoms with Crippen molar-refractivity contribution in [2.75, 3.05) is 19.4 Å². The van der Waals surface area contributed by atoms with Gasteiger partial charge < -0.3 is 10.2 Å². The summed E-state index contributed by atoms with van der Waals surface area (Å²) in [5.41, 5.74) is 2.39. The number of rotatable bonds is 4. The van der Waals surface area contributed by atoms with Gasteiger partial charge in [-0.15, -0.1) is 0 Å². The fourth-order valence-corrected chi connectivity index (χ4v) is 2.51. The van der Waals surface area contributed by atoms with E-state index in [9.17, 15) is 4.79 Å². The minimum atomic E-state index is -0.221. The number of amides is 1. The lowest BCUT2D eigenvalue weighted by molar-refractivity contribution is 0.102. The predicted octanol–water partition coefficient (Wildman–Crippen LogP) is 4.42. The molecule has 2 aromatic rings. The van der Waals surface area contributed by atoms with Crippen LogP contribution in [0.15, 0.2) is 46.9 Å². The Morgan fingerprint density at radius 3 is 2.48 bits per heavy atom. The topological polar surface area (TPSA) is 32.3 Å². The Kier molecular flexibility index (Phi) is 5.39. The molecule has 21 heavy (non-hydrogen) atoms. The number of carbonyl (C=O) groups excluding carboxylic acids is 1. The van der Waals surface area contributed by atoms with Crippen molar-refractivity contribution in [2.45, 2.75) is 6.54 Å². The lowest BCUT2D eigenvalue weighted by Crippen LogP contribution is -2.13. The van der Waals surface area contributed by atoms with Crippen molar-refractivity contribution in [1.29, 1.82) is 0 Å². The van der Waals surface area contributed by atoms with Crippen molar-refractivity contribution in [3.05, 3.63) is 63.1 Å². The molecule has 0 unspecified atom stereocenters. The molecule has 2 rings (SSSR count). The molecule has 0 aliphatic heterocycles.